The lowest BCUT2D eigenvalue weighted by Gasteiger charge is -2.26. The summed E-state index contributed by atoms with van der Waals surface area (Å²) in [5, 5.41) is 0. The average Bonchev–Trinajstić information content (AvgIpc) is 2.01. The first-order valence-corrected chi connectivity index (χ1v) is 6.70. The molecule has 0 saturated heterocycles. The molecule has 0 N–H and O–H groups in total. The van der Waals surface area contributed by atoms with E-state index in [4.69, 9.17) is 4.43 Å². The van der Waals surface area contributed by atoms with Gasteiger partial charge < -0.3 is 4.43 Å². The summed E-state index contributed by atoms with van der Waals surface area (Å²) < 4.78 is 5.70. The lowest BCUT2D eigenvalue weighted by atomic mass is 10.9. The van der Waals surface area contributed by atoms with Crippen molar-refractivity contribution in [3.8, 4) is 0 Å². The molecular formula is C8H19OSi. The SMILES string of the molecule is [CH2]CO[Si](CC)(CC)CC. The standard InChI is InChI=1S/C8H19OSi/c1-5-9-10(6-2,7-3)8-4/h1,5-8H2,2-4H3. The Labute approximate surface area is 65.9 Å². The highest BCUT2D eigenvalue weighted by Gasteiger charge is 2.27. The van der Waals surface area contributed by atoms with Gasteiger partial charge in [0, 0.05) is 6.61 Å². The zero-order valence-corrected chi connectivity index (χ0v) is 8.44. The first kappa shape index (κ1) is 10.2. The summed E-state index contributed by atoms with van der Waals surface area (Å²) in [5.41, 5.74) is 0. The number of rotatable bonds is 5. The quantitative estimate of drug-likeness (QED) is 0.560. The van der Waals surface area contributed by atoms with Gasteiger partial charge in [0.25, 0.3) is 0 Å². The van der Waals surface area contributed by atoms with Gasteiger partial charge in [0.15, 0.2) is 8.32 Å². The van der Waals surface area contributed by atoms with Crippen molar-refractivity contribution in [2.24, 2.45) is 0 Å². The summed E-state index contributed by atoms with van der Waals surface area (Å²) in [5.74, 6) is 0. The summed E-state index contributed by atoms with van der Waals surface area (Å²) in [4.78, 5) is 0. The predicted octanol–water partition coefficient (Wildman–Crippen LogP) is 2.84. The Bertz CT molecular complexity index is 71.1. The van der Waals surface area contributed by atoms with Crippen LogP contribution in [-0.2, 0) is 4.43 Å². The zero-order chi connectivity index (χ0) is 8.04. The first-order valence-electron chi connectivity index (χ1n) is 4.17. The zero-order valence-electron chi connectivity index (χ0n) is 7.44. The van der Waals surface area contributed by atoms with Crippen molar-refractivity contribution < 1.29 is 4.43 Å². The van der Waals surface area contributed by atoms with E-state index in [1.165, 1.54) is 18.1 Å². The van der Waals surface area contributed by atoms with Crippen LogP contribution >= 0.6 is 0 Å². The minimum Gasteiger partial charge on any atom is -0.417 e. The van der Waals surface area contributed by atoms with Crippen molar-refractivity contribution in [3.05, 3.63) is 6.92 Å². The maximum atomic E-state index is 5.70. The van der Waals surface area contributed by atoms with Crippen LogP contribution < -0.4 is 0 Å². The summed E-state index contributed by atoms with van der Waals surface area (Å²) in [7, 11) is -1.28. The molecule has 0 spiro atoms. The maximum absolute atomic E-state index is 5.70. The fourth-order valence-electron chi connectivity index (χ4n) is 1.27. The van der Waals surface area contributed by atoms with E-state index in [1.54, 1.807) is 0 Å². The third kappa shape index (κ3) is 2.43. The Kier molecular flexibility index (Phi) is 5.00. The molecule has 0 aromatic carbocycles. The molecule has 0 aromatic heterocycles. The Hall–Kier alpha value is 0.177. The highest BCUT2D eigenvalue weighted by Crippen LogP contribution is 2.20. The summed E-state index contributed by atoms with van der Waals surface area (Å²) in [6, 6.07) is 3.70. The second-order valence-electron chi connectivity index (χ2n) is 2.59. The van der Waals surface area contributed by atoms with Crippen LogP contribution in [0.25, 0.3) is 0 Å². The Morgan fingerprint density at radius 3 is 1.60 bits per heavy atom. The lowest BCUT2D eigenvalue weighted by Crippen LogP contribution is -2.35. The van der Waals surface area contributed by atoms with Crippen molar-refractivity contribution in [2.75, 3.05) is 6.61 Å². The molecule has 0 aliphatic carbocycles. The first-order chi connectivity index (χ1) is 4.74. The van der Waals surface area contributed by atoms with Gasteiger partial charge in [-0.05, 0) is 25.1 Å². The second-order valence-corrected chi connectivity index (χ2v) is 7.37. The van der Waals surface area contributed by atoms with Crippen LogP contribution in [0, 0.1) is 6.92 Å². The molecule has 1 nitrogen and oxygen atoms in total. The van der Waals surface area contributed by atoms with Crippen molar-refractivity contribution in [1.29, 1.82) is 0 Å². The van der Waals surface area contributed by atoms with E-state index in [9.17, 15) is 0 Å². The highest BCUT2D eigenvalue weighted by atomic mass is 28.4. The van der Waals surface area contributed by atoms with Crippen molar-refractivity contribution in [2.45, 2.75) is 38.9 Å². The minimum atomic E-state index is -1.28. The monoisotopic (exact) mass is 159 g/mol. The van der Waals surface area contributed by atoms with Gasteiger partial charge >= 0.3 is 0 Å². The fourth-order valence-corrected chi connectivity index (χ4v) is 3.82. The van der Waals surface area contributed by atoms with Crippen LogP contribution in [0.15, 0.2) is 0 Å². The number of hydrogen-bond acceptors (Lipinski definition) is 1. The Morgan fingerprint density at radius 2 is 1.50 bits per heavy atom. The van der Waals surface area contributed by atoms with E-state index in [0.717, 1.165) is 0 Å². The molecule has 0 fully saturated rings. The van der Waals surface area contributed by atoms with Crippen molar-refractivity contribution in [3.63, 3.8) is 0 Å². The molecule has 0 saturated carbocycles. The van der Waals surface area contributed by atoms with Crippen LogP contribution in [0.1, 0.15) is 20.8 Å². The van der Waals surface area contributed by atoms with Gasteiger partial charge in [-0.3, -0.25) is 0 Å². The molecule has 1 radical (unpaired) electrons. The average molecular weight is 159 g/mol. The van der Waals surface area contributed by atoms with Gasteiger partial charge in [0.1, 0.15) is 0 Å². The van der Waals surface area contributed by atoms with Crippen LogP contribution in [0.3, 0.4) is 0 Å². The van der Waals surface area contributed by atoms with Crippen LogP contribution in [0.2, 0.25) is 18.1 Å². The third-order valence-electron chi connectivity index (χ3n) is 2.34. The third-order valence-corrected chi connectivity index (χ3v) is 7.02. The van der Waals surface area contributed by atoms with Gasteiger partial charge in [-0.15, -0.1) is 0 Å². The smallest absolute Gasteiger partial charge is 0.191 e. The Morgan fingerprint density at radius 1 is 1.10 bits per heavy atom. The van der Waals surface area contributed by atoms with E-state index in [2.05, 4.69) is 27.7 Å². The lowest BCUT2D eigenvalue weighted by molar-refractivity contribution is 0.341. The van der Waals surface area contributed by atoms with E-state index >= 15 is 0 Å². The normalized spacial score (nSPS) is 12.0. The van der Waals surface area contributed by atoms with E-state index in [1.807, 2.05) is 0 Å². The summed E-state index contributed by atoms with van der Waals surface area (Å²) >= 11 is 0. The molecule has 0 rings (SSSR count). The van der Waals surface area contributed by atoms with Gasteiger partial charge in [-0.1, -0.05) is 20.8 Å². The van der Waals surface area contributed by atoms with Crippen LogP contribution in [-0.4, -0.2) is 14.9 Å². The molecule has 0 heterocycles. The largest absolute Gasteiger partial charge is 0.417 e. The van der Waals surface area contributed by atoms with Crippen molar-refractivity contribution in [1.82, 2.24) is 0 Å². The topological polar surface area (TPSA) is 9.23 Å². The summed E-state index contributed by atoms with van der Waals surface area (Å²) in [6.45, 7) is 11.1. The molecule has 0 aliphatic rings. The highest BCUT2D eigenvalue weighted by molar-refractivity contribution is 6.73. The Balaban J connectivity index is 3.87. The molecular weight excluding hydrogens is 140 g/mol. The second kappa shape index (κ2) is 4.91. The molecule has 0 aliphatic heterocycles. The van der Waals surface area contributed by atoms with E-state index in [-0.39, 0.29) is 0 Å². The fraction of sp³-hybridized carbons (Fsp3) is 0.875. The molecule has 2 heteroatoms. The molecule has 0 unspecified atom stereocenters. The molecule has 61 valence electrons. The van der Waals surface area contributed by atoms with Crippen molar-refractivity contribution >= 4 is 8.32 Å². The van der Waals surface area contributed by atoms with E-state index < -0.39 is 8.32 Å². The van der Waals surface area contributed by atoms with Gasteiger partial charge in [-0.2, -0.15) is 0 Å². The van der Waals surface area contributed by atoms with Crippen LogP contribution in [0.5, 0.6) is 0 Å². The number of hydrogen-bond donors (Lipinski definition) is 0. The van der Waals surface area contributed by atoms with E-state index in [0.29, 0.717) is 6.61 Å². The van der Waals surface area contributed by atoms with Gasteiger partial charge in [-0.25, -0.2) is 0 Å². The molecule has 0 aromatic rings. The maximum Gasteiger partial charge on any atom is 0.191 e. The molecule has 0 amide bonds. The molecule has 0 bridgehead atoms. The van der Waals surface area contributed by atoms with Gasteiger partial charge in [0.05, 0.1) is 0 Å². The molecule has 0 atom stereocenters. The predicted molar refractivity (Wildman–Crippen MR) is 48.5 cm³/mol. The molecule has 10 heavy (non-hydrogen) atoms. The van der Waals surface area contributed by atoms with Crippen LogP contribution in [0.4, 0.5) is 0 Å². The summed E-state index contributed by atoms with van der Waals surface area (Å²) in [6.07, 6.45) is 0. The minimum absolute atomic E-state index is 0.655. The van der Waals surface area contributed by atoms with Gasteiger partial charge in [0.2, 0.25) is 0 Å².